The highest BCUT2D eigenvalue weighted by molar-refractivity contribution is 5.94. The number of rotatable bonds is 4. The van der Waals surface area contributed by atoms with Crippen LogP contribution in [0.25, 0.3) is 11.4 Å². The molecule has 1 saturated heterocycles. The van der Waals surface area contributed by atoms with Crippen LogP contribution in [-0.2, 0) is 0 Å². The molecule has 0 radical (unpaired) electrons. The van der Waals surface area contributed by atoms with Crippen molar-refractivity contribution in [1.82, 2.24) is 15.0 Å². The molecular formula is C21H20FN3O3. The van der Waals surface area contributed by atoms with Crippen LogP contribution in [0.3, 0.4) is 0 Å². The number of amides is 1. The molecule has 28 heavy (non-hydrogen) atoms. The predicted octanol–water partition coefficient (Wildman–Crippen LogP) is 4.17. The van der Waals surface area contributed by atoms with Gasteiger partial charge in [0.2, 0.25) is 11.7 Å². The number of likely N-dealkylation sites (tertiary alicyclic amines) is 1. The van der Waals surface area contributed by atoms with E-state index in [0.29, 0.717) is 29.4 Å². The van der Waals surface area contributed by atoms with E-state index in [1.807, 2.05) is 24.3 Å². The number of benzene rings is 2. The van der Waals surface area contributed by atoms with Crippen LogP contribution in [0.1, 0.15) is 40.7 Å². The second-order valence-corrected chi connectivity index (χ2v) is 6.81. The van der Waals surface area contributed by atoms with Gasteiger partial charge in [0.1, 0.15) is 17.6 Å². The van der Waals surface area contributed by atoms with Crippen LogP contribution in [-0.4, -0.2) is 34.6 Å². The van der Waals surface area contributed by atoms with Crippen LogP contribution in [0.4, 0.5) is 4.39 Å². The van der Waals surface area contributed by atoms with Gasteiger partial charge in [-0.2, -0.15) is 4.98 Å². The Hall–Kier alpha value is -3.22. The molecule has 1 unspecified atom stereocenters. The van der Waals surface area contributed by atoms with E-state index in [1.54, 1.807) is 31.1 Å². The molecule has 0 bridgehead atoms. The van der Waals surface area contributed by atoms with Crippen molar-refractivity contribution in [2.24, 2.45) is 0 Å². The molecule has 0 N–H and O–H groups in total. The fraction of sp³-hybridized carbons (Fsp3) is 0.286. The summed E-state index contributed by atoms with van der Waals surface area (Å²) in [5.74, 6) is 0.972. The number of aromatic nitrogens is 2. The predicted molar refractivity (Wildman–Crippen MR) is 100 cm³/mol. The normalized spacial score (nSPS) is 16.4. The fourth-order valence-electron chi connectivity index (χ4n) is 3.39. The highest BCUT2D eigenvalue weighted by Crippen LogP contribution is 2.33. The first-order chi connectivity index (χ1) is 13.6. The molecule has 3 aromatic rings. The Labute approximate surface area is 161 Å². The third-order valence-electron chi connectivity index (χ3n) is 5.01. The Kier molecular flexibility index (Phi) is 4.81. The first-order valence-electron chi connectivity index (χ1n) is 9.12. The van der Waals surface area contributed by atoms with Gasteiger partial charge in [0, 0.05) is 17.7 Å². The molecule has 2 aromatic carbocycles. The van der Waals surface area contributed by atoms with Crippen molar-refractivity contribution >= 4 is 5.91 Å². The number of hydrogen-bond donors (Lipinski definition) is 0. The fourth-order valence-corrected chi connectivity index (χ4v) is 3.39. The van der Waals surface area contributed by atoms with Crippen molar-refractivity contribution in [3.63, 3.8) is 0 Å². The van der Waals surface area contributed by atoms with E-state index < -0.39 is 0 Å². The minimum atomic E-state index is -0.388. The minimum absolute atomic E-state index is 0.231. The van der Waals surface area contributed by atoms with Crippen molar-refractivity contribution in [2.45, 2.75) is 25.8 Å². The second kappa shape index (κ2) is 7.42. The maximum Gasteiger partial charge on any atom is 0.254 e. The summed E-state index contributed by atoms with van der Waals surface area (Å²) in [7, 11) is 1.60. The van der Waals surface area contributed by atoms with Crippen LogP contribution in [0, 0.1) is 12.7 Å². The monoisotopic (exact) mass is 381 g/mol. The van der Waals surface area contributed by atoms with E-state index in [-0.39, 0.29) is 17.8 Å². The van der Waals surface area contributed by atoms with E-state index in [2.05, 4.69) is 10.1 Å². The zero-order chi connectivity index (χ0) is 19.7. The standard InChI is InChI=1S/C21H20FN3O3/c1-13-5-6-15(12-17(13)22)21(26)25-11-3-4-18(25)20-23-19(24-28-20)14-7-9-16(27-2)10-8-14/h5-10,12,18H,3-4,11H2,1-2H3. The van der Waals surface area contributed by atoms with Gasteiger partial charge in [-0.05, 0) is 61.7 Å². The van der Waals surface area contributed by atoms with Gasteiger partial charge < -0.3 is 14.2 Å². The van der Waals surface area contributed by atoms with Crippen molar-refractivity contribution < 1.29 is 18.4 Å². The average Bonchev–Trinajstić information content (AvgIpc) is 3.39. The first kappa shape index (κ1) is 18.2. The van der Waals surface area contributed by atoms with Crippen LogP contribution in [0.2, 0.25) is 0 Å². The van der Waals surface area contributed by atoms with Gasteiger partial charge in [0.25, 0.3) is 5.91 Å². The molecule has 2 heterocycles. The average molecular weight is 381 g/mol. The van der Waals surface area contributed by atoms with Crippen molar-refractivity contribution in [2.75, 3.05) is 13.7 Å². The van der Waals surface area contributed by atoms with E-state index >= 15 is 0 Å². The summed E-state index contributed by atoms with van der Waals surface area (Å²) in [6.45, 7) is 2.24. The van der Waals surface area contributed by atoms with Crippen molar-refractivity contribution in [1.29, 1.82) is 0 Å². The van der Waals surface area contributed by atoms with E-state index in [0.717, 1.165) is 24.2 Å². The summed E-state index contributed by atoms with van der Waals surface area (Å²) < 4.78 is 24.5. The van der Waals surface area contributed by atoms with E-state index in [4.69, 9.17) is 9.26 Å². The molecule has 1 fully saturated rings. The molecule has 4 rings (SSSR count). The Balaban J connectivity index is 1.57. The lowest BCUT2D eigenvalue weighted by atomic mass is 10.1. The molecule has 7 heteroatoms. The lowest BCUT2D eigenvalue weighted by Crippen LogP contribution is -2.30. The molecule has 0 aliphatic carbocycles. The quantitative estimate of drug-likeness (QED) is 0.678. The molecule has 1 aromatic heterocycles. The Bertz CT molecular complexity index is 1000. The zero-order valence-corrected chi connectivity index (χ0v) is 15.7. The van der Waals surface area contributed by atoms with Crippen LogP contribution >= 0.6 is 0 Å². The van der Waals surface area contributed by atoms with E-state index in [9.17, 15) is 9.18 Å². The van der Waals surface area contributed by atoms with Crippen LogP contribution in [0.5, 0.6) is 5.75 Å². The van der Waals surface area contributed by atoms with Gasteiger partial charge in [0.05, 0.1) is 7.11 Å². The third kappa shape index (κ3) is 3.35. The Morgan fingerprint density at radius 1 is 1.25 bits per heavy atom. The van der Waals surface area contributed by atoms with E-state index in [1.165, 1.54) is 6.07 Å². The maximum absolute atomic E-state index is 13.9. The number of carbonyl (C=O) groups is 1. The van der Waals surface area contributed by atoms with Crippen molar-refractivity contribution in [3.05, 3.63) is 65.3 Å². The summed E-state index contributed by atoms with van der Waals surface area (Å²) >= 11 is 0. The van der Waals surface area contributed by atoms with Crippen LogP contribution < -0.4 is 4.74 Å². The summed E-state index contributed by atoms with van der Waals surface area (Å²) in [6, 6.07) is 11.6. The number of aryl methyl sites for hydroxylation is 1. The van der Waals surface area contributed by atoms with Gasteiger partial charge in [-0.15, -0.1) is 0 Å². The molecule has 144 valence electrons. The lowest BCUT2D eigenvalue weighted by Gasteiger charge is -2.22. The number of carbonyl (C=O) groups excluding carboxylic acids is 1. The van der Waals surface area contributed by atoms with Gasteiger partial charge in [-0.3, -0.25) is 4.79 Å². The molecule has 1 aliphatic rings. The van der Waals surface area contributed by atoms with Crippen LogP contribution in [0.15, 0.2) is 47.0 Å². The SMILES string of the molecule is COc1ccc(-c2noc(C3CCCN3C(=O)c3ccc(C)c(F)c3)n2)cc1. The topological polar surface area (TPSA) is 68.5 Å². The molecule has 6 nitrogen and oxygen atoms in total. The number of nitrogens with zero attached hydrogens (tertiary/aromatic N) is 3. The molecule has 0 spiro atoms. The Morgan fingerprint density at radius 2 is 2.04 bits per heavy atom. The van der Waals surface area contributed by atoms with Gasteiger partial charge in [-0.25, -0.2) is 4.39 Å². The smallest absolute Gasteiger partial charge is 0.254 e. The third-order valence-corrected chi connectivity index (χ3v) is 5.01. The summed E-state index contributed by atoms with van der Waals surface area (Å²) in [5.41, 5.74) is 1.63. The maximum atomic E-state index is 13.9. The highest BCUT2D eigenvalue weighted by Gasteiger charge is 2.34. The number of hydrogen-bond acceptors (Lipinski definition) is 5. The van der Waals surface area contributed by atoms with Gasteiger partial charge in [-0.1, -0.05) is 11.2 Å². The summed E-state index contributed by atoms with van der Waals surface area (Å²) in [5, 5.41) is 4.05. The summed E-state index contributed by atoms with van der Waals surface area (Å²) in [4.78, 5) is 19.1. The zero-order valence-electron chi connectivity index (χ0n) is 15.7. The van der Waals surface area contributed by atoms with Gasteiger partial charge >= 0.3 is 0 Å². The van der Waals surface area contributed by atoms with Gasteiger partial charge in [0.15, 0.2) is 0 Å². The largest absolute Gasteiger partial charge is 0.497 e. The Morgan fingerprint density at radius 3 is 2.75 bits per heavy atom. The molecule has 0 saturated carbocycles. The molecule has 1 amide bonds. The molecule has 1 atom stereocenters. The highest BCUT2D eigenvalue weighted by atomic mass is 19.1. The molecular weight excluding hydrogens is 361 g/mol. The number of methoxy groups -OCH3 is 1. The second-order valence-electron chi connectivity index (χ2n) is 6.81. The lowest BCUT2D eigenvalue weighted by molar-refractivity contribution is 0.0709. The minimum Gasteiger partial charge on any atom is -0.497 e. The summed E-state index contributed by atoms with van der Waals surface area (Å²) in [6.07, 6.45) is 1.55. The molecule has 1 aliphatic heterocycles. The van der Waals surface area contributed by atoms with Crippen molar-refractivity contribution in [3.8, 4) is 17.1 Å². The number of ether oxygens (including phenoxy) is 1. The number of halogens is 1. The first-order valence-corrected chi connectivity index (χ1v) is 9.12.